The Labute approximate surface area is 86.9 Å². The molecule has 0 spiro atoms. The Bertz CT molecular complexity index is 368. The van der Waals surface area contributed by atoms with E-state index in [0.29, 0.717) is 10.0 Å². The van der Waals surface area contributed by atoms with Crippen LogP contribution >= 0.6 is 23.2 Å². The first-order valence-corrected chi connectivity index (χ1v) is 4.81. The summed E-state index contributed by atoms with van der Waals surface area (Å²) in [6.07, 6.45) is 1.74. The largest absolute Gasteiger partial charge is 0.197 e. The Morgan fingerprint density at radius 1 is 1.23 bits per heavy atom. The predicted molar refractivity (Wildman–Crippen MR) is 53.0 cm³/mol. The van der Waals surface area contributed by atoms with E-state index in [9.17, 15) is 0 Å². The van der Waals surface area contributed by atoms with Gasteiger partial charge in [0.15, 0.2) is 0 Å². The average molecular weight is 212 g/mol. The van der Waals surface area contributed by atoms with Crippen molar-refractivity contribution in [2.45, 2.75) is 18.3 Å². The summed E-state index contributed by atoms with van der Waals surface area (Å²) in [7, 11) is 0. The molecule has 1 saturated carbocycles. The molecule has 0 unspecified atom stereocenters. The molecule has 0 aliphatic heterocycles. The van der Waals surface area contributed by atoms with Gasteiger partial charge in [-0.25, -0.2) is 0 Å². The second kappa shape index (κ2) is 2.90. The molecule has 0 amide bonds. The zero-order valence-electron chi connectivity index (χ0n) is 6.85. The van der Waals surface area contributed by atoms with E-state index < -0.39 is 5.41 Å². The van der Waals surface area contributed by atoms with Gasteiger partial charge in [0, 0.05) is 15.6 Å². The van der Waals surface area contributed by atoms with Crippen LogP contribution in [-0.4, -0.2) is 0 Å². The molecule has 1 nitrogen and oxygen atoms in total. The number of halogens is 2. The Balaban J connectivity index is 2.58. The van der Waals surface area contributed by atoms with E-state index >= 15 is 0 Å². The summed E-state index contributed by atoms with van der Waals surface area (Å²) in [4.78, 5) is 0. The zero-order chi connectivity index (χ0) is 9.47. The minimum absolute atomic E-state index is 0.393. The van der Waals surface area contributed by atoms with Gasteiger partial charge in [0.05, 0.1) is 11.5 Å². The second-order valence-corrected chi connectivity index (χ2v) is 4.10. The van der Waals surface area contributed by atoms with Gasteiger partial charge in [0.25, 0.3) is 0 Å². The first kappa shape index (κ1) is 8.87. The van der Waals surface area contributed by atoms with Crippen LogP contribution in [0.3, 0.4) is 0 Å². The van der Waals surface area contributed by atoms with Crippen molar-refractivity contribution in [2.75, 3.05) is 0 Å². The van der Waals surface area contributed by atoms with Crippen molar-refractivity contribution in [3.63, 3.8) is 0 Å². The number of benzene rings is 1. The van der Waals surface area contributed by atoms with Crippen molar-refractivity contribution in [1.29, 1.82) is 5.26 Å². The molecule has 1 aromatic carbocycles. The lowest BCUT2D eigenvalue weighted by Gasteiger charge is -2.10. The van der Waals surface area contributed by atoms with Crippen molar-refractivity contribution in [3.8, 4) is 6.07 Å². The number of nitrogens with zero attached hydrogens (tertiary/aromatic N) is 1. The fourth-order valence-corrected chi connectivity index (χ4v) is 2.26. The fourth-order valence-electron chi connectivity index (χ4n) is 1.50. The van der Waals surface area contributed by atoms with Crippen molar-refractivity contribution >= 4 is 23.2 Å². The van der Waals surface area contributed by atoms with E-state index in [0.717, 1.165) is 18.4 Å². The van der Waals surface area contributed by atoms with E-state index in [1.807, 2.05) is 0 Å². The smallest absolute Gasteiger partial charge is 0.0852 e. The highest BCUT2D eigenvalue weighted by molar-refractivity contribution is 6.36. The summed E-state index contributed by atoms with van der Waals surface area (Å²) >= 11 is 12.0. The van der Waals surface area contributed by atoms with Crippen molar-refractivity contribution in [2.24, 2.45) is 0 Å². The molecular weight excluding hydrogens is 205 g/mol. The third-order valence-corrected chi connectivity index (χ3v) is 3.04. The van der Waals surface area contributed by atoms with Crippen LogP contribution in [0.1, 0.15) is 18.4 Å². The highest BCUT2D eigenvalue weighted by atomic mass is 35.5. The summed E-state index contributed by atoms with van der Waals surface area (Å²) < 4.78 is 0. The molecular formula is C10H7Cl2N. The molecule has 3 heteroatoms. The molecule has 0 radical (unpaired) electrons. The van der Waals surface area contributed by atoms with E-state index in [2.05, 4.69) is 6.07 Å². The van der Waals surface area contributed by atoms with Gasteiger partial charge >= 0.3 is 0 Å². The lowest BCUT2D eigenvalue weighted by molar-refractivity contribution is 0.909. The minimum atomic E-state index is -0.393. The Morgan fingerprint density at radius 2 is 1.77 bits per heavy atom. The molecule has 0 aromatic heterocycles. The van der Waals surface area contributed by atoms with E-state index in [4.69, 9.17) is 28.5 Å². The second-order valence-electron chi connectivity index (χ2n) is 3.29. The summed E-state index contributed by atoms with van der Waals surface area (Å²) in [6.45, 7) is 0. The molecule has 0 N–H and O–H groups in total. The number of hydrogen-bond donors (Lipinski definition) is 0. The molecule has 1 aromatic rings. The molecule has 0 heterocycles. The Hall–Kier alpha value is -0.710. The fraction of sp³-hybridized carbons (Fsp3) is 0.300. The Morgan fingerprint density at radius 3 is 2.15 bits per heavy atom. The first-order valence-electron chi connectivity index (χ1n) is 4.05. The van der Waals surface area contributed by atoms with Gasteiger partial charge in [-0.3, -0.25) is 0 Å². The minimum Gasteiger partial charge on any atom is -0.197 e. The third kappa shape index (κ3) is 1.31. The van der Waals surface area contributed by atoms with Gasteiger partial charge in [0.1, 0.15) is 0 Å². The molecule has 1 fully saturated rings. The highest BCUT2D eigenvalue weighted by Crippen LogP contribution is 2.52. The molecule has 0 atom stereocenters. The molecule has 1 aliphatic carbocycles. The van der Waals surface area contributed by atoms with Crippen LogP contribution in [0, 0.1) is 11.3 Å². The SMILES string of the molecule is N#CC1(c2c(Cl)cccc2Cl)CC1. The molecule has 0 saturated heterocycles. The van der Waals surface area contributed by atoms with Crippen molar-refractivity contribution < 1.29 is 0 Å². The van der Waals surface area contributed by atoms with Crippen LogP contribution in [-0.2, 0) is 5.41 Å². The van der Waals surface area contributed by atoms with Crippen LogP contribution < -0.4 is 0 Å². The maximum absolute atomic E-state index is 8.99. The summed E-state index contributed by atoms with van der Waals surface area (Å²) in [5.74, 6) is 0. The van der Waals surface area contributed by atoms with Crippen LogP contribution in [0.15, 0.2) is 18.2 Å². The molecule has 66 valence electrons. The Kier molecular flexibility index (Phi) is 1.98. The first-order chi connectivity index (χ1) is 6.19. The highest BCUT2D eigenvalue weighted by Gasteiger charge is 2.47. The normalized spacial score (nSPS) is 17.9. The lowest BCUT2D eigenvalue weighted by atomic mass is 9.98. The number of rotatable bonds is 1. The summed E-state index contributed by atoms with van der Waals surface area (Å²) in [5.41, 5.74) is 0.413. The quantitative estimate of drug-likeness (QED) is 0.698. The van der Waals surface area contributed by atoms with Crippen molar-refractivity contribution in [1.82, 2.24) is 0 Å². The van der Waals surface area contributed by atoms with Crippen LogP contribution in [0.4, 0.5) is 0 Å². The molecule has 1 aliphatic rings. The van der Waals surface area contributed by atoms with Gasteiger partial charge in [-0.2, -0.15) is 5.26 Å². The van der Waals surface area contributed by atoms with Gasteiger partial charge in [-0.05, 0) is 25.0 Å². The standard InChI is InChI=1S/C10H7Cl2N/c11-7-2-1-3-8(12)9(7)10(6-13)4-5-10/h1-3H,4-5H2. The molecule has 13 heavy (non-hydrogen) atoms. The van der Waals surface area contributed by atoms with Crippen LogP contribution in [0.5, 0.6) is 0 Å². The lowest BCUT2D eigenvalue weighted by Crippen LogP contribution is -2.04. The molecule has 2 rings (SSSR count). The molecule has 0 bridgehead atoms. The van der Waals surface area contributed by atoms with E-state index in [1.165, 1.54) is 0 Å². The maximum atomic E-state index is 8.99. The van der Waals surface area contributed by atoms with E-state index in [-0.39, 0.29) is 0 Å². The van der Waals surface area contributed by atoms with Gasteiger partial charge < -0.3 is 0 Å². The maximum Gasteiger partial charge on any atom is 0.0852 e. The summed E-state index contributed by atoms with van der Waals surface area (Å²) in [5, 5.41) is 10.2. The monoisotopic (exact) mass is 211 g/mol. The predicted octanol–water partition coefficient (Wildman–Crippen LogP) is 3.55. The van der Waals surface area contributed by atoms with Crippen LogP contribution in [0.2, 0.25) is 10.0 Å². The average Bonchev–Trinajstić information content (AvgIpc) is 2.85. The zero-order valence-corrected chi connectivity index (χ0v) is 8.36. The van der Waals surface area contributed by atoms with Gasteiger partial charge in [0.2, 0.25) is 0 Å². The number of hydrogen-bond acceptors (Lipinski definition) is 1. The number of nitriles is 1. The van der Waals surface area contributed by atoms with Crippen LogP contribution in [0.25, 0.3) is 0 Å². The topological polar surface area (TPSA) is 23.8 Å². The van der Waals surface area contributed by atoms with E-state index in [1.54, 1.807) is 18.2 Å². The third-order valence-electron chi connectivity index (χ3n) is 2.41. The van der Waals surface area contributed by atoms with Gasteiger partial charge in [-0.15, -0.1) is 0 Å². The summed E-state index contributed by atoms with van der Waals surface area (Å²) in [6, 6.07) is 7.63. The van der Waals surface area contributed by atoms with Crippen molar-refractivity contribution in [3.05, 3.63) is 33.8 Å². The van der Waals surface area contributed by atoms with Gasteiger partial charge in [-0.1, -0.05) is 29.3 Å².